The molecule has 1 aromatic rings. The predicted molar refractivity (Wildman–Crippen MR) is 108 cm³/mol. The number of hydrogen-bond acceptors (Lipinski definition) is 3. The van der Waals surface area contributed by atoms with Gasteiger partial charge in [0, 0.05) is 25.3 Å². The van der Waals surface area contributed by atoms with Gasteiger partial charge in [-0.25, -0.2) is 9.78 Å². The van der Waals surface area contributed by atoms with Gasteiger partial charge in [-0.1, -0.05) is 51.4 Å². The molecule has 2 heterocycles. The number of carbonyl (C=O) groups excluding carboxylic acids is 1. The van der Waals surface area contributed by atoms with E-state index in [9.17, 15) is 4.79 Å². The molecule has 1 aromatic heterocycles. The molecule has 1 saturated heterocycles. The molecule has 5 nitrogen and oxygen atoms in total. The van der Waals surface area contributed by atoms with Gasteiger partial charge in [0.15, 0.2) is 5.82 Å². The van der Waals surface area contributed by atoms with E-state index in [4.69, 9.17) is 0 Å². The number of nitrogens with zero attached hydrogens (tertiary/aromatic N) is 2. The highest BCUT2D eigenvalue weighted by atomic mass is 16.2. The van der Waals surface area contributed by atoms with Crippen molar-refractivity contribution in [3.05, 3.63) is 18.3 Å². The van der Waals surface area contributed by atoms with Gasteiger partial charge >= 0.3 is 6.03 Å². The molecule has 0 atom stereocenters. The first-order valence-electron chi connectivity index (χ1n) is 10.6. The summed E-state index contributed by atoms with van der Waals surface area (Å²) in [5, 5.41) is 6.28. The minimum atomic E-state index is -0.0849. The Morgan fingerprint density at radius 2 is 1.54 bits per heavy atom. The lowest BCUT2D eigenvalue weighted by Crippen LogP contribution is -2.38. The van der Waals surface area contributed by atoms with Crippen molar-refractivity contribution < 1.29 is 4.79 Å². The molecule has 1 aliphatic heterocycles. The SMILES string of the molecule is O=C(Nc1cccnc1N1CCCCCC1)NC1CCCCCCCC1. The Morgan fingerprint density at radius 3 is 2.23 bits per heavy atom. The Bertz CT molecular complexity index is 545. The van der Waals surface area contributed by atoms with Gasteiger partial charge in [-0.15, -0.1) is 0 Å². The third-order valence-electron chi connectivity index (χ3n) is 5.63. The first kappa shape index (κ1) is 19.0. The van der Waals surface area contributed by atoms with Gasteiger partial charge < -0.3 is 15.5 Å². The fourth-order valence-corrected chi connectivity index (χ4v) is 4.15. The van der Waals surface area contributed by atoms with E-state index in [1.807, 2.05) is 18.3 Å². The summed E-state index contributed by atoms with van der Waals surface area (Å²) in [6, 6.07) is 4.08. The summed E-state index contributed by atoms with van der Waals surface area (Å²) in [6.45, 7) is 2.05. The number of rotatable bonds is 3. The zero-order valence-electron chi connectivity index (χ0n) is 16.0. The van der Waals surface area contributed by atoms with Gasteiger partial charge in [0.25, 0.3) is 0 Å². The molecule has 0 radical (unpaired) electrons. The molecule has 0 bridgehead atoms. The summed E-state index contributed by atoms with van der Waals surface area (Å²) < 4.78 is 0. The van der Waals surface area contributed by atoms with Crippen LogP contribution < -0.4 is 15.5 Å². The monoisotopic (exact) mass is 358 g/mol. The standard InChI is InChI=1S/C21H34N4O/c26-21(23-18-12-7-3-1-2-4-8-13-18)24-19-14-11-15-22-20(19)25-16-9-5-6-10-17-25/h11,14-15,18H,1-10,12-13,16-17H2,(H2,23,24,26). The second-order valence-corrected chi connectivity index (χ2v) is 7.77. The lowest BCUT2D eigenvalue weighted by molar-refractivity contribution is 0.246. The van der Waals surface area contributed by atoms with Crippen molar-refractivity contribution in [2.45, 2.75) is 83.1 Å². The smallest absolute Gasteiger partial charge is 0.319 e. The molecule has 5 heteroatoms. The maximum absolute atomic E-state index is 12.6. The second-order valence-electron chi connectivity index (χ2n) is 7.77. The first-order valence-corrected chi connectivity index (χ1v) is 10.6. The maximum Gasteiger partial charge on any atom is 0.319 e. The third kappa shape index (κ3) is 5.89. The summed E-state index contributed by atoms with van der Waals surface area (Å²) in [4.78, 5) is 19.5. The molecule has 2 aliphatic rings. The van der Waals surface area contributed by atoms with Crippen LogP contribution in [0.25, 0.3) is 0 Å². The Hall–Kier alpha value is -1.78. The molecule has 2 N–H and O–H groups in total. The number of carbonyl (C=O) groups is 1. The zero-order valence-corrected chi connectivity index (χ0v) is 16.0. The predicted octanol–water partition coefficient (Wildman–Crippen LogP) is 5.09. The topological polar surface area (TPSA) is 57.3 Å². The van der Waals surface area contributed by atoms with Crippen LogP contribution in [-0.2, 0) is 0 Å². The van der Waals surface area contributed by atoms with E-state index in [1.54, 1.807) is 0 Å². The van der Waals surface area contributed by atoms with E-state index in [2.05, 4.69) is 20.5 Å². The number of urea groups is 1. The summed E-state index contributed by atoms with van der Waals surface area (Å²) in [5.74, 6) is 0.916. The molecule has 0 unspecified atom stereocenters. The van der Waals surface area contributed by atoms with Crippen LogP contribution in [0.5, 0.6) is 0 Å². The zero-order chi connectivity index (χ0) is 18.0. The molecule has 144 valence electrons. The average molecular weight is 359 g/mol. The molecule has 2 fully saturated rings. The molecule has 0 aromatic carbocycles. The van der Waals surface area contributed by atoms with E-state index in [0.717, 1.165) is 37.4 Å². The molecule has 2 amide bonds. The van der Waals surface area contributed by atoms with Gasteiger partial charge in [0.1, 0.15) is 0 Å². The second kappa shape index (κ2) is 10.4. The van der Waals surface area contributed by atoms with Crippen molar-refractivity contribution >= 4 is 17.5 Å². The fraction of sp³-hybridized carbons (Fsp3) is 0.714. The third-order valence-corrected chi connectivity index (χ3v) is 5.63. The number of amides is 2. The molecular formula is C21H34N4O. The molecule has 3 rings (SSSR count). The van der Waals surface area contributed by atoms with E-state index < -0.39 is 0 Å². The summed E-state index contributed by atoms with van der Waals surface area (Å²) in [5.41, 5.74) is 0.829. The van der Waals surface area contributed by atoms with Crippen molar-refractivity contribution in [3.8, 4) is 0 Å². The number of aromatic nitrogens is 1. The summed E-state index contributed by atoms with van der Waals surface area (Å²) >= 11 is 0. The van der Waals surface area contributed by atoms with Crippen LogP contribution in [0.3, 0.4) is 0 Å². The van der Waals surface area contributed by atoms with Crippen LogP contribution in [-0.4, -0.2) is 30.1 Å². The van der Waals surface area contributed by atoms with Crippen LogP contribution in [0.15, 0.2) is 18.3 Å². The van der Waals surface area contributed by atoms with Crippen LogP contribution in [0.4, 0.5) is 16.3 Å². The van der Waals surface area contributed by atoms with E-state index in [-0.39, 0.29) is 6.03 Å². The van der Waals surface area contributed by atoms with Crippen molar-refractivity contribution in [2.24, 2.45) is 0 Å². The Morgan fingerprint density at radius 1 is 0.923 bits per heavy atom. The van der Waals surface area contributed by atoms with Gasteiger partial charge in [-0.05, 0) is 37.8 Å². The highest BCUT2D eigenvalue weighted by Crippen LogP contribution is 2.25. The highest BCUT2D eigenvalue weighted by Gasteiger charge is 2.18. The van der Waals surface area contributed by atoms with E-state index >= 15 is 0 Å². The van der Waals surface area contributed by atoms with Crippen molar-refractivity contribution in [3.63, 3.8) is 0 Å². The number of nitrogens with one attached hydrogen (secondary N) is 2. The lowest BCUT2D eigenvalue weighted by atomic mass is 10.1. The van der Waals surface area contributed by atoms with Gasteiger partial charge in [0.2, 0.25) is 0 Å². The Labute approximate surface area is 157 Å². The van der Waals surface area contributed by atoms with E-state index in [1.165, 1.54) is 64.2 Å². The minimum Gasteiger partial charge on any atom is -0.355 e. The fourth-order valence-electron chi connectivity index (χ4n) is 4.15. The van der Waals surface area contributed by atoms with E-state index in [0.29, 0.717) is 6.04 Å². The largest absolute Gasteiger partial charge is 0.355 e. The number of pyridine rings is 1. The molecule has 0 spiro atoms. The molecule has 1 saturated carbocycles. The summed E-state index contributed by atoms with van der Waals surface area (Å²) in [6.07, 6.45) is 16.7. The van der Waals surface area contributed by atoms with Crippen LogP contribution >= 0.6 is 0 Å². The van der Waals surface area contributed by atoms with Gasteiger partial charge in [-0.3, -0.25) is 0 Å². The molecule has 26 heavy (non-hydrogen) atoms. The Kier molecular flexibility index (Phi) is 7.59. The summed E-state index contributed by atoms with van der Waals surface area (Å²) in [7, 11) is 0. The van der Waals surface area contributed by atoms with Crippen molar-refractivity contribution in [1.29, 1.82) is 0 Å². The first-order chi connectivity index (χ1) is 12.8. The van der Waals surface area contributed by atoms with Crippen LogP contribution in [0.1, 0.15) is 77.0 Å². The van der Waals surface area contributed by atoms with Crippen molar-refractivity contribution in [1.82, 2.24) is 10.3 Å². The average Bonchev–Trinajstić information content (AvgIpc) is 2.85. The Balaban J connectivity index is 1.59. The lowest BCUT2D eigenvalue weighted by Gasteiger charge is -2.24. The normalized spacial score (nSPS) is 20.4. The number of anilines is 2. The quantitative estimate of drug-likeness (QED) is 0.791. The van der Waals surface area contributed by atoms with Gasteiger partial charge in [-0.2, -0.15) is 0 Å². The van der Waals surface area contributed by atoms with Crippen LogP contribution in [0, 0.1) is 0 Å². The highest BCUT2D eigenvalue weighted by molar-refractivity contribution is 5.92. The number of hydrogen-bond donors (Lipinski definition) is 2. The van der Waals surface area contributed by atoms with Gasteiger partial charge in [0.05, 0.1) is 5.69 Å². The molecular weight excluding hydrogens is 324 g/mol. The van der Waals surface area contributed by atoms with Crippen molar-refractivity contribution in [2.75, 3.05) is 23.3 Å². The molecule has 1 aliphatic carbocycles. The van der Waals surface area contributed by atoms with Crippen LogP contribution in [0.2, 0.25) is 0 Å². The minimum absolute atomic E-state index is 0.0849. The maximum atomic E-state index is 12.6.